The fraction of sp³-hybridized carbons (Fsp3) is 0.692. The molecule has 140 valence electrons. The molecule has 0 aromatic carbocycles. The van der Waals surface area contributed by atoms with Crippen LogP contribution in [0.3, 0.4) is 0 Å². The molecule has 0 aromatic heterocycles. The van der Waals surface area contributed by atoms with Crippen LogP contribution in [0.4, 0.5) is 26.3 Å². The van der Waals surface area contributed by atoms with Crippen LogP contribution in [0.25, 0.3) is 0 Å². The summed E-state index contributed by atoms with van der Waals surface area (Å²) in [6.45, 7) is 5.13. The third-order valence-corrected chi connectivity index (χ3v) is 17.9. The van der Waals surface area contributed by atoms with Crippen molar-refractivity contribution in [2.24, 2.45) is 0 Å². The molecule has 1 aliphatic rings. The van der Waals surface area contributed by atoms with Crippen LogP contribution in [0, 0.1) is 0 Å². The first-order valence-corrected chi connectivity index (χ1v) is 15.4. The quantitative estimate of drug-likeness (QED) is 0.369. The Hall–Kier alpha value is 0.366. The molecule has 24 heavy (non-hydrogen) atoms. The van der Waals surface area contributed by atoms with E-state index in [0.717, 1.165) is 6.08 Å². The van der Waals surface area contributed by atoms with E-state index in [-0.39, 0.29) is 29.5 Å². The second-order valence-electron chi connectivity index (χ2n) is 4.91. The molecular formula is C13H20F6GeO3Zr. The molecule has 0 radical (unpaired) electrons. The molecule has 0 amide bonds. The van der Waals surface area contributed by atoms with Gasteiger partial charge < -0.3 is 0 Å². The summed E-state index contributed by atoms with van der Waals surface area (Å²) in [6, 6.07) is 0. The summed E-state index contributed by atoms with van der Waals surface area (Å²) in [7, 11) is 0. The molecule has 0 saturated carbocycles. The van der Waals surface area contributed by atoms with E-state index in [1.807, 2.05) is 0 Å². The second-order valence-corrected chi connectivity index (χ2v) is 17.1. The first-order chi connectivity index (χ1) is 11.0. The first-order valence-electron chi connectivity index (χ1n) is 7.48. The van der Waals surface area contributed by atoms with Crippen molar-refractivity contribution in [1.82, 2.24) is 0 Å². The zero-order valence-electron chi connectivity index (χ0n) is 13.6. The van der Waals surface area contributed by atoms with E-state index in [0.29, 0.717) is 0 Å². The van der Waals surface area contributed by atoms with Gasteiger partial charge in [-0.15, -0.1) is 0 Å². The summed E-state index contributed by atoms with van der Waals surface area (Å²) in [5, 5.41) is -10.6. The molecule has 0 N–H and O–H groups in total. The molecular weight excluding hydrogens is 482 g/mol. The van der Waals surface area contributed by atoms with Crippen molar-refractivity contribution >= 4 is 14.3 Å². The maximum atomic E-state index is 13.2. The van der Waals surface area contributed by atoms with Gasteiger partial charge in [-0.3, -0.25) is 0 Å². The van der Waals surface area contributed by atoms with Gasteiger partial charge in [0.25, 0.3) is 0 Å². The van der Waals surface area contributed by atoms with E-state index in [1.54, 1.807) is 20.8 Å². The van der Waals surface area contributed by atoms with Crippen molar-refractivity contribution in [3.8, 4) is 0 Å². The van der Waals surface area contributed by atoms with Crippen LogP contribution >= 0.6 is 0 Å². The van der Waals surface area contributed by atoms with E-state index >= 15 is 0 Å². The predicted molar refractivity (Wildman–Crippen MR) is 74.9 cm³/mol. The van der Waals surface area contributed by atoms with Crippen molar-refractivity contribution in [3.05, 3.63) is 19.8 Å². The van der Waals surface area contributed by atoms with Crippen LogP contribution < -0.4 is 0 Å². The Balaban J connectivity index is 3.51. The molecule has 0 atom stereocenters. The fourth-order valence-corrected chi connectivity index (χ4v) is 17.2. The minimum atomic E-state index is -5.89. The second kappa shape index (κ2) is 8.84. The fourth-order valence-electron chi connectivity index (χ4n) is 2.59. The summed E-state index contributed by atoms with van der Waals surface area (Å²) in [5.41, 5.74) is 0. The number of hydrogen-bond acceptors (Lipinski definition) is 3. The number of alkyl halides is 6. The van der Waals surface area contributed by atoms with E-state index in [1.165, 1.54) is 6.08 Å². The Bertz CT molecular complexity index is 458. The van der Waals surface area contributed by atoms with Crippen LogP contribution in [0.5, 0.6) is 0 Å². The number of allylic oxidation sites excluding steroid dienone is 4. The Morgan fingerprint density at radius 1 is 0.917 bits per heavy atom. The average molecular weight is 502 g/mol. The standard InChI is InChI=1S/C7H5F6Ge.3C2H5O.Zr/c8-6(9,10)14(7(11,12)13)5-3-1-2-4-5;3*1-2-3;/h1,3,14H,2H2;3*2H2,1H3;/q;3*-1;+3. The molecule has 1 rings (SSSR count). The van der Waals surface area contributed by atoms with Crippen molar-refractivity contribution < 1.29 is 56.4 Å². The third-order valence-electron chi connectivity index (χ3n) is 3.31. The molecule has 0 spiro atoms. The van der Waals surface area contributed by atoms with Gasteiger partial charge in [-0.1, -0.05) is 0 Å². The molecule has 0 aliphatic heterocycles. The first kappa shape index (κ1) is 22.4. The SMILES string of the molecule is CC[O][Zr]([O]CC)([O]CC)[C]1=[C]([GeH]([C](F)(F)F)[C](F)(F)F)C=CC1. The molecule has 11 heteroatoms. The summed E-state index contributed by atoms with van der Waals surface area (Å²) < 4.78 is 95.1. The molecule has 0 heterocycles. The van der Waals surface area contributed by atoms with Crippen LogP contribution in [-0.4, -0.2) is 44.2 Å². The Labute approximate surface area is 147 Å². The van der Waals surface area contributed by atoms with Gasteiger partial charge in [0.15, 0.2) is 0 Å². The normalized spacial score (nSPS) is 16.6. The minimum absolute atomic E-state index is 0.0190. The Morgan fingerprint density at radius 3 is 1.67 bits per heavy atom. The van der Waals surface area contributed by atoms with Crippen LogP contribution in [-0.2, 0) is 30.0 Å². The van der Waals surface area contributed by atoms with Crippen molar-refractivity contribution in [2.75, 3.05) is 19.8 Å². The van der Waals surface area contributed by atoms with Crippen LogP contribution in [0.15, 0.2) is 19.8 Å². The van der Waals surface area contributed by atoms with Crippen molar-refractivity contribution in [1.29, 1.82) is 0 Å². The van der Waals surface area contributed by atoms with Gasteiger partial charge in [0.2, 0.25) is 0 Å². The molecule has 3 nitrogen and oxygen atoms in total. The maximum absolute atomic E-state index is 13.2. The van der Waals surface area contributed by atoms with E-state index in [4.69, 9.17) is 8.44 Å². The summed E-state index contributed by atoms with van der Waals surface area (Å²) in [5.74, 6) is 0. The number of hydrogen-bond donors (Lipinski definition) is 0. The number of rotatable bonds is 8. The molecule has 0 aromatic rings. The molecule has 0 bridgehead atoms. The zero-order chi connectivity index (χ0) is 18.6. The van der Waals surface area contributed by atoms with E-state index in [9.17, 15) is 26.3 Å². The van der Waals surface area contributed by atoms with Crippen molar-refractivity contribution in [3.63, 3.8) is 0 Å². The molecule has 1 aliphatic carbocycles. The topological polar surface area (TPSA) is 27.7 Å². The molecule has 0 unspecified atom stereocenters. The van der Waals surface area contributed by atoms with Gasteiger partial charge in [-0.25, -0.2) is 0 Å². The van der Waals surface area contributed by atoms with Crippen LogP contribution in [0.1, 0.15) is 27.2 Å². The van der Waals surface area contributed by atoms with Gasteiger partial charge in [0.1, 0.15) is 0 Å². The third kappa shape index (κ3) is 5.19. The van der Waals surface area contributed by atoms with Gasteiger partial charge >= 0.3 is 148 Å². The van der Waals surface area contributed by atoms with Crippen LogP contribution in [0.2, 0.25) is 0 Å². The average Bonchev–Trinajstić information content (AvgIpc) is 2.85. The van der Waals surface area contributed by atoms with E-state index in [2.05, 4.69) is 0 Å². The van der Waals surface area contributed by atoms with Gasteiger partial charge in [0.05, 0.1) is 0 Å². The zero-order valence-corrected chi connectivity index (χ0v) is 18.4. The van der Waals surface area contributed by atoms with E-state index < -0.39 is 50.4 Å². The summed E-state index contributed by atoms with van der Waals surface area (Å²) >= 11 is -10.6. The van der Waals surface area contributed by atoms with Gasteiger partial charge in [0, 0.05) is 0 Å². The summed E-state index contributed by atoms with van der Waals surface area (Å²) in [4.78, 5) is 0. The van der Waals surface area contributed by atoms with Gasteiger partial charge in [-0.05, 0) is 0 Å². The van der Waals surface area contributed by atoms with Crippen molar-refractivity contribution in [2.45, 2.75) is 37.2 Å². The number of halogens is 6. The predicted octanol–water partition coefficient (Wildman–Crippen LogP) is 4.18. The monoisotopic (exact) mass is 502 g/mol. The van der Waals surface area contributed by atoms with Gasteiger partial charge in [-0.2, -0.15) is 0 Å². The molecule has 0 fully saturated rings. The summed E-state index contributed by atoms with van der Waals surface area (Å²) in [6.07, 6.45) is 2.21. The Morgan fingerprint density at radius 2 is 1.33 bits per heavy atom. The molecule has 0 saturated heterocycles. The Kier molecular flexibility index (Phi) is 8.25.